The Hall–Kier alpha value is -2.49. The van der Waals surface area contributed by atoms with Crippen LogP contribution in [0.3, 0.4) is 0 Å². The molecule has 0 saturated heterocycles. The van der Waals surface area contributed by atoms with E-state index in [2.05, 4.69) is 23.5 Å². The Balaban J connectivity index is 1.38. The second kappa shape index (κ2) is 9.27. The quantitative estimate of drug-likeness (QED) is 0.736. The van der Waals surface area contributed by atoms with Crippen molar-refractivity contribution in [2.45, 2.75) is 38.5 Å². The van der Waals surface area contributed by atoms with Crippen molar-refractivity contribution >= 4 is 5.91 Å². The van der Waals surface area contributed by atoms with Crippen LogP contribution < -0.4 is 14.8 Å². The maximum atomic E-state index is 12.0. The Labute approximate surface area is 155 Å². The van der Waals surface area contributed by atoms with Crippen LogP contribution in [0.5, 0.6) is 11.5 Å². The van der Waals surface area contributed by atoms with E-state index in [9.17, 15) is 4.79 Å². The van der Waals surface area contributed by atoms with Gasteiger partial charge in [-0.2, -0.15) is 0 Å². The van der Waals surface area contributed by atoms with E-state index in [1.54, 1.807) is 7.11 Å². The number of para-hydroxylation sites is 1. The monoisotopic (exact) mass is 353 g/mol. The molecule has 0 spiro atoms. The number of amides is 1. The third kappa shape index (κ3) is 5.01. The molecule has 0 aromatic heterocycles. The molecule has 1 N–H and O–H groups in total. The van der Waals surface area contributed by atoms with Crippen molar-refractivity contribution in [3.63, 3.8) is 0 Å². The second-order valence-corrected chi connectivity index (χ2v) is 6.69. The van der Waals surface area contributed by atoms with Gasteiger partial charge in [-0.05, 0) is 73.4 Å². The molecule has 0 unspecified atom stereocenters. The molecule has 2 aromatic rings. The van der Waals surface area contributed by atoms with Gasteiger partial charge in [0.15, 0.2) is 6.61 Å². The first-order valence-corrected chi connectivity index (χ1v) is 9.39. The van der Waals surface area contributed by atoms with E-state index in [1.165, 1.54) is 24.0 Å². The Kier molecular flexibility index (Phi) is 6.53. The molecule has 0 aliphatic heterocycles. The predicted octanol–water partition coefficient (Wildman–Crippen LogP) is 3.70. The Morgan fingerprint density at radius 3 is 2.73 bits per heavy atom. The summed E-state index contributed by atoms with van der Waals surface area (Å²) in [5, 5.41) is 2.92. The number of nitrogens with one attached hydrogen (secondary N) is 1. The summed E-state index contributed by atoms with van der Waals surface area (Å²) in [6, 6.07) is 14.2. The van der Waals surface area contributed by atoms with Crippen LogP contribution in [0.4, 0.5) is 0 Å². The van der Waals surface area contributed by atoms with Crippen LogP contribution in [-0.4, -0.2) is 26.2 Å². The van der Waals surface area contributed by atoms with E-state index < -0.39 is 0 Å². The fraction of sp³-hybridized carbons (Fsp3) is 0.409. The number of carbonyl (C=O) groups excluding carboxylic acids is 1. The SMILES string of the molecule is COc1ccccc1CCCNC(=O)COc1ccc2c(c1)CCCC2. The van der Waals surface area contributed by atoms with Gasteiger partial charge in [0.1, 0.15) is 11.5 Å². The van der Waals surface area contributed by atoms with Crippen molar-refractivity contribution < 1.29 is 14.3 Å². The van der Waals surface area contributed by atoms with Crippen molar-refractivity contribution in [3.8, 4) is 11.5 Å². The van der Waals surface area contributed by atoms with Gasteiger partial charge in [-0.15, -0.1) is 0 Å². The van der Waals surface area contributed by atoms with Gasteiger partial charge in [0.2, 0.25) is 0 Å². The molecule has 0 saturated carbocycles. The maximum Gasteiger partial charge on any atom is 0.257 e. The summed E-state index contributed by atoms with van der Waals surface area (Å²) in [6.45, 7) is 0.692. The van der Waals surface area contributed by atoms with Crippen LogP contribution in [-0.2, 0) is 24.1 Å². The molecule has 3 rings (SSSR count). The average molecular weight is 353 g/mol. The minimum atomic E-state index is -0.0808. The summed E-state index contributed by atoms with van der Waals surface area (Å²) < 4.78 is 11.0. The zero-order valence-corrected chi connectivity index (χ0v) is 15.4. The van der Waals surface area contributed by atoms with Gasteiger partial charge in [-0.25, -0.2) is 0 Å². The summed E-state index contributed by atoms with van der Waals surface area (Å²) in [6.07, 6.45) is 6.51. The van der Waals surface area contributed by atoms with Crippen LogP contribution in [0.1, 0.15) is 36.0 Å². The standard InChI is InChI=1S/C22H27NO3/c1-25-21-11-5-4-8-18(21)10-6-14-23-22(24)16-26-20-13-12-17-7-2-3-9-19(17)15-20/h4-5,8,11-13,15H,2-3,6-7,9-10,14,16H2,1H3,(H,23,24). The van der Waals surface area contributed by atoms with E-state index in [4.69, 9.17) is 9.47 Å². The summed E-state index contributed by atoms with van der Waals surface area (Å²) in [4.78, 5) is 12.0. The van der Waals surface area contributed by atoms with Gasteiger partial charge < -0.3 is 14.8 Å². The number of ether oxygens (including phenoxy) is 2. The van der Waals surface area contributed by atoms with E-state index in [0.29, 0.717) is 6.54 Å². The van der Waals surface area contributed by atoms with Crippen molar-refractivity contribution in [1.82, 2.24) is 5.32 Å². The number of hydrogen-bond acceptors (Lipinski definition) is 3. The number of benzene rings is 2. The molecule has 4 nitrogen and oxygen atoms in total. The van der Waals surface area contributed by atoms with Gasteiger partial charge in [0.05, 0.1) is 7.11 Å². The maximum absolute atomic E-state index is 12.0. The highest BCUT2D eigenvalue weighted by atomic mass is 16.5. The summed E-state index contributed by atoms with van der Waals surface area (Å²) in [5.41, 5.74) is 3.95. The van der Waals surface area contributed by atoms with Crippen molar-refractivity contribution in [3.05, 3.63) is 59.2 Å². The smallest absolute Gasteiger partial charge is 0.257 e. The Morgan fingerprint density at radius 2 is 1.88 bits per heavy atom. The highest BCUT2D eigenvalue weighted by Crippen LogP contribution is 2.25. The third-order valence-corrected chi connectivity index (χ3v) is 4.83. The van der Waals surface area contributed by atoms with Crippen LogP contribution in [0.25, 0.3) is 0 Å². The van der Waals surface area contributed by atoms with Crippen molar-refractivity contribution in [2.24, 2.45) is 0 Å². The van der Waals surface area contributed by atoms with E-state index >= 15 is 0 Å². The number of rotatable bonds is 8. The lowest BCUT2D eigenvalue weighted by molar-refractivity contribution is -0.123. The van der Waals surface area contributed by atoms with E-state index in [1.807, 2.05) is 24.3 Å². The lowest BCUT2D eigenvalue weighted by atomic mass is 9.92. The number of carbonyl (C=O) groups is 1. The lowest BCUT2D eigenvalue weighted by Gasteiger charge is -2.16. The molecule has 0 heterocycles. The van der Waals surface area contributed by atoms with Crippen LogP contribution in [0.15, 0.2) is 42.5 Å². The summed E-state index contributed by atoms with van der Waals surface area (Å²) in [7, 11) is 1.68. The number of methoxy groups -OCH3 is 1. The largest absolute Gasteiger partial charge is 0.496 e. The zero-order valence-electron chi connectivity index (χ0n) is 15.4. The van der Waals surface area contributed by atoms with Gasteiger partial charge in [-0.3, -0.25) is 4.79 Å². The van der Waals surface area contributed by atoms with Crippen LogP contribution >= 0.6 is 0 Å². The molecule has 1 aliphatic rings. The van der Waals surface area contributed by atoms with E-state index in [0.717, 1.165) is 42.7 Å². The second-order valence-electron chi connectivity index (χ2n) is 6.69. The lowest BCUT2D eigenvalue weighted by Crippen LogP contribution is -2.30. The molecule has 2 aromatic carbocycles. The minimum Gasteiger partial charge on any atom is -0.496 e. The molecule has 4 heteroatoms. The number of hydrogen-bond donors (Lipinski definition) is 1. The molecule has 26 heavy (non-hydrogen) atoms. The number of aryl methyl sites for hydroxylation is 3. The highest BCUT2D eigenvalue weighted by Gasteiger charge is 2.10. The molecule has 138 valence electrons. The van der Waals surface area contributed by atoms with Gasteiger partial charge >= 0.3 is 0 Å². The van der Waals surface area contributed by atoms with Crippen molar-refractivity contribution in [1.29, 1.82) is 0 Å². The average Bonchev–Trinajstić information content (AvgIpc) is 2.69. The molecular weight excluding hydrogens is 326 g/mol. The highest BCUT2D eigenvalue weighted by molar-refractivity contribution is 5.77. The van der Waals surface area contributed by atoms with Gasteiger partial charge in [0, 0.05) is 6.54 Å². The Morgan fingerprint density at radius 1 is 1.08 bits per heavy atom. The summed E-state index contributed by atoms with van der Waals surface area (Å²) in [5.74, 6) is 1.60. The Bertz CT molecular complexity index is 742. The van der Waals surface area contributed by atoms with Crippen molar-refractivity contribution in [2.75, 3.05) is 20.3 Å². The first-order valence-electron chi connectivity index (χ1n) is 9.39. The predicted molar refractivity (Wildman–Crippen MR) is 103 cm³/mol. The first kappa shape index (κ1) is 18.3. The number of fused-ring (bicyclic) bond motifs is 1. The van der Waals surface area contributed by atoms with Crippen LogP contribution in [0.2, 0.25) is 0 Å². The normalized spacial score (nSPS) is 13.0. The topological polar surface area (TPSA) is 47.6 Å². The molecule has 1 amide bonds. The molecule has 0 radical (unpaired) electrons. The summed E-state index contributed by atoms with van der Waals surface area (Å²) >= 11 is 0. The van der Waals surface area contributed by atoms with Crippen LogP contribution in [0, 0.1) is 0 Å². The molecular formula is C22H27NO3. The molecule has 0 fully saturated rings. The first-order chi connectivity index (χ1) is 12.8. The van der Waals surface area contributed by atoms with Gasteiger partial charge in [0.25, 0.3) is 5.91 Å². The fourth-order valence-electron chi connectivity index (χ4n) is 3.42. The van der Waals surface area contributed by atoms with Gasteiger partial charge in [-0.1, -0.05) is 24.3 Å². The fourth-order valence-corrected chi connectivity index (χ4v) is 3.42. The zero-order chi connectivity index (χ0) is 18.2. The third-order valence-electron chi connectivity index (χ3n) is 4.83. The minimum absolute atomic E-state index is 0.0629. The molecule has 1 aliphatic carbocycles. The molecule has 0 atom stereocenters. The van der Waals surface area contributed by atoms with E-state index in [-0.39, 0.29) is 12.5 Å². The molecule has 0 bridgehead atoms.